The molecule has 2 aliphatic heterocycles. The first kappa shape index (κ1) is 19.3. The van der Waals surface area contributed by atoms with Crippen molar-refractivity contribution in [2.75, 3.05) is 18.9 Å². The molecule has 0 radical (unpaired) electrons. The van der Waals surface area contributed by atoms with Crippen LogP contribution >= 0.6 is 11.8 Å². The molecule has 3 heterocycles. The van der Waals surface area contributed by atoms with Gasteiger partial charge in [0.15, 0.2) is 0 Å². The van der Waals surface area contributed by atoms with Gasteiger partial charge in [-0.05, 0) is 24.3 Å². The molecule has 1 saturated heterocycles. The number of carbonyl (C=O) groups excluding carboxylic acids is 4. The average molecular weight is 414 g/mol. The number of esters is 1. The first-order valence-corrected chi connectivity index (χ1v) is 10.1. The van der Waals surface area contributed by atoms with Crippen LogP contribution < -0.4 is 0 Å². The normalized spacial score (nSPS) is 20.9. The quantitative estimate of drug-likeness (QED) is 0.546. The molecule has 29 heavy (non-hydrogen) atoms. The Morgan fingerprint density at radius 3 is 2.41 bits per heavy atom. The van der Waals surface area contributed by atoms with E-state index in [0.717, 1.165) is 4.90 Å². The number of thioether (sulfide) groups is 1. The summed E-state index contributed by atoms with van der Waals surface area (Å²) >= 11 is 1.42. The van der Waals surface area contributed by atoms with Crippen molar-refractivity contribution in [2.45, 2.75) is 18.3 Å². The second-order valence-electron chi connectivity index (χ2n) is 6.62. The largest absolute Gasteiger partial charge is 0.466 e. The lowest BCUT2D eigenvalue weighted by Crippen LogP contribution is -2.43. The number of fused-ring (bicyclic) bond motifs is 1. The fourth-order valence-electron chi connectivity index (χ4n) is 3.50. The third-order valence-corrected chi connectivity index (χ3v) is 6.14. The Balaban J connectivity index is 1.37. The van der Waals surface area contributed by atoms with Gasteiger partial charge < -0.3 is 14.1 Å². The number of imide groups is 1. The highest BCUT2D eigenvalue weighted by Gasteiger charge is 2.43. The maximum absolute atomic E-state index is 12.6. The first-order chi connectivity index (χ1) is 14.0. The van der Waals surface area contributed by atoms with Crippen LogP contribution in [0.25, 0.3) is 0 Å². The van der Waals surface area contributed by atoms with Gasteiger partial charge in [0.05, 0.1) is 23.9 Å². The van der Waals surface area contributed by atoms with Crippen molar-refractivity contribution in [1.82, 2.24) is 9.80 Å². The molecule has 1 aromatic carbocycles. The van der Waals surface area contributed by atoms with Gasteiger partial charge in [0.2, 0.25) is 5.91 Å². The zero-order valence-electron chi connectivity index (χ0n) is 15.6. The summed E-state index contributed by atoms with van der Waals surface area (Å²) in [7, 11) is 0. The Bertz CT molecular complexity index is 938. The van der Waals surface area contributed by atoms with Crippen molar-refractivity contribution in [1.29, 1.82) is 0 Å². The molecular formula is C20H18N2O6S. The van der Waals surface area contributed by atoms with Crippen molar-refractivity contribution < 1.29 is 28.3 Å². The van der Waals surface area contributed by atoms with Gasteiger partial charge in [-0.15, -0.1) is 11.8 Å². The minimum Gasteiger partial charge on any atom is -0.466 e. The summed E-state index contributed by atoms with van der Waals surface area (Å²) in [6.45, 7) is 1.21. The SMILES string of the molecule is CC(=O)N1[C@@H](C(=O)OCCN2C(=O)c3ccccc3C2=O)CS[C@@H]1c1ccco1. The van der Waals surface area contributed by atoms with E-state index in [2.05, 4.69) is 0 Å². The second-order valence-corrected chi connectivity index (χ2v) is 7.73. The van der Waals surface area contributed by atoms with Gasteiger partial charge in [0.1, 0.15) is 23.8 Å². The number of hydrogen-bond donors (Lipinski definition) is 0. The molecule has 0 N–H and O–H groups in total. The molecular weight excluding hydrogens is 396 g/mol. The van der Waals surface area contributed by atoms with Crippen LogP contribution in [0.4, 0.5) is 0 Å². The summed E-state index contributed by atoms with van der Waals surface area (Å²) in [5.74, 6) is -0.678. The van der Waals surface area contributed by atoms with E-state index in [1.54, 1.807) is 36.4 Å². The molecule has 1 aromatic heterocycles. The van der Waals surface area contributed by atoms with Crippen LogP contribution in [-0.4, -0.2) is 58.4 Å². The van der Waals surface area contributed by atoms with Crippen molar-refractivity contribution in [3.8, 4) is 0 Å². The van der Waals surface area contributed by atoms with Crippen LogP contribution in [0.3, 0.4) is 0 Å². The predicted molar refractivity (Wildman–Crippen MR) is 103 cm³/mol. The highest BCUT2D eigenvalue weighted by molar-refractivity contribution is 7.99. The van der Waals surface area contributed by atoms with Gasteiger partial charge >= 0.3 is 5.97 Å². The van der Waals surface area contributed by atoms with E-state index >= 15 is 0 Å². The van der Waals surface area contributed by atoms with Crippen molar-refractivity contribution in [2.24, 2.45) is 0 Å². The van der Waals surface area contributed by atoms with Crippen molar-refractivity contribution >= 4 is 35.5 Å². The van der Waals surface area contributed by atoms with E-state index in [-0.39, 0.29) is 19.1 Å². The van der Waals surface area contributed by atoms with Crippen LogP contribution in [0.2, 0.25) is 0 Å². The molecule has 0 spiro atoms. The molecule has 0 saturated carbocycles. The lowest BCUT2D eigenvalue weighted by Gasteiger charge is -2.26. The van der Waals surface area contributed by atoms with Crippen molar-refractivity contribution in [3.05, 3.63) is 59.5 Å². The summed E-state index contributed by atoms with van der Waals surface area (Å²) in [6, 6.07) is 9.29. The number of amides is 3. The molecule has 2 aliphatic rings. The number of ether oxygens (including phenoxy) is 1. The van der Waals surface area contributed by atoms with Crippen LogP contribution in [0, 0.1) is 0 Å². The summed E-state index contributed by atoms with van der Waals surface area (Å²) < 4.78 is 10.7. The topological polar surface area (TPSA) is 97.1 Å². The van der Waals surface area contributed by atoms with Crippen molar-refractivity contribution in [3.63, 3.8) is 0 Å². The van der Waals surface area contributed by atoms with E-state index in [1.165, 1.54) is 29.8 Å². The minimum absolute atomic E-state index is 0.0420. The molecule has 3 amide bonds. The Morgan fingerprint density at radius 1 is 1.14 bits per heavy atom. The van der Waals surface area contributed by atoms with Crippen LogP contribution in [-0.2, 0) is 14.3 Å². The van der Waals surface area contributed by atoms with E-state index < -0.39 is 29.2 Å². The van der Waals surface area contributed by atoms with Crippen LogP contribution in [0.1, 0.15) is 38.8 Å². The maximum atomic E-state index is 12.6. The predicted octanol–water partition coefficient (Wildman–Crippen LogP) is 2.08. The maximum Gasteiger partial charge on any atom is 0.329 e. The van der Waals surface area contributed by atoms with Gasteiger partial charge in [0, 0.05) is 12.7 Å². The lowest BCUT2D eigenvalue weighted by atomic mass is 10.1. The highest BCUT2D eigenvalue weighted by Crippen LogP contribution is 2.41. The summed E-state index contributed by atoms with van der Waals surface area (Å²) in [4.78, 5) is 51.9. The highest BCUT2D eigenvalue weighted by atomic mass is 32.2. The third-order valence-electron chi connectivity index (χ3n) is 4.86. The Kier molecular flexibility index (Phi) is 5.14. The van der Waals surface area contributed by atoms with E-state index in [9.17, 15) is 19.2 Å². The average Bonchev–Trinajstić information content (AvgIpc) is 3.43. The Hall–Kier alpha value is -3.07. The zero-order chi connectivity index (χ0) is 20.5. The van der Waals surface area contributed by atoms with E-state index in [1.807, 2.05) is 0 Å². The molecule has 0 bridgehead atoms. The summed E-state index contributed by atoms with van der Waals surface area (Å²) in [6.07, 6.45) is 1.52. The number of hydrogen-bond acceptors (Lipinski definition) is 7. The van der Waals surface area contributed by atoms with Gasteiger partial charge in [-0.2, -0.15) is 0 Å². The zero-order valence-corrected chi connectivity index (χ0v) is 16.4. The van der Waals surface area contributed by atoms with Gasteiger partial charge in [-0.3, -0.25) is 19.3 Å². The molecule has 0 unspecified atom stereocenters. The fourth-order valence-corrected chi connectivity index (χ4v) is 4.92. The Labute approximate surface area is 170 Å². The summed E-state index contributed by atoms with van der Waals surface area (Å²) in [5.41, 5.74) is 0.695. The monoisotopic (exact) mass is 414 g/mol. The lowest BCUT2D eigenvalue weighted by molar-refractivity contribution is -0.153. The van der Waals surface area contributed by atoms with Gasteiger partial charge in [-0.1, -0.05) is 12.1 Å². The van der Waals surface area contributed by atoms with Gasteiger partial charge in [0.25, 0.3) is 11.8 Å². The summed E-state index contributed by atoms with van der Waals surface area (Å²) in [5, 5.41) is -0.392. The van der Waals surface area contributed by atoms with E-state index in [4.69, 9.17) is 9.15 Å². The molecule has 2 atom stereocenters. The van der Waals surface area contributed by atoms with Crippen LogP contribution in [0.15, 0.2) is 47.1 Å². The molecule has 150 valence electrons. The number of nitrogens with zero attached hydrogens (tertiary/aromatic N) is 2. The molecule has 0 aliphatic carbocycles. The molecule has 8 nitrogen and oxygen atoms in total. The third kappa shape index (κ3) is 3.42. The number of carbonyl (C=O) groups is 4. The van der Waals surface area contributed by atoms with E-state index in [0.29, 0.717) is 22.6 Å². The molecule has 1 fully saturated rings. The second kappa shape index (κ2) is 7.75. The molecule has 9 heteroatoms. The Morgan fingerprint density at radius 2 is 1.83 bits per heavy atom. The molecule has 2 aromatic rings. The molecule has 4 rings (SSSR count). The van der Waals surface area contributed by atoms with Gasteiger partial charge in [-0.25, -0.2) is 4.79 Å². The number of rotatable bonds is 5. The number of furan rings is 1. The standard InChI is InChI=1S/C20H18N2O6S/c1-12(23)22-15(11-29-19(22)16-7-4-9-27-16)20(26)28-10-8-21-17(24)13-5-2-3-6-14(13)18(21)25/h2-7,9,15,19H,8,10-11H2,1H3/t15-,19-/m1/s1. The first-order valence-electron chi connectivity index (χ1n) is 9.05. The fraction of sp³-hybridized carbons (Fsp3) is 0.300. The number of benzene rings is 1. The smallest absolute Gasteiger partial charge is 0.329 e. The van der Waals surface area contributed by atoms with Crippen LogP contribution in [0.5, 0.6) is 0 Å². The minimum atomic E-state index is -0.755.